The minimum absolute atomic E-state index is 0.780. The van der Waals surface area contributed by atoms with Crippen molar-refractivity contribution in [2.24, 2.45) is 0 Å². The van der Waals surface area contributed by atoms with Crippen LogP contribution in [0.25, 0.3) is 10.6 Å². The second kappa shape index (κ2) is 2.99. The summed E-state index contributed by atoms with van der Waals surface area (Å²) < 4.78 is 2.49. The molecule has 0 atom stereocenters. The van der Waals surface area contributed by atoms with E-state index in [0.29, 0.717) is 0 Å². The summed E-state index contributed by atoms with van der Waals surface area (Å²) in [6.45, 7) is 2.20. The van der Waals surface area contributed by atoms with Crippen LogP contribution in [0.4, 0.5) is 0 Å². The Hall–Kier alpha value is -1.02. The van der Waals surface area contributed by atoms with Crippen molar-refractivity contribution in [3.8, 4) is 10.6 Å². The lowest BCUT2D eigenvalue weighted by molar-refractivity contribution is 0.731. The molecule has 1 aliphatic carbocycles. The fraction of sp³-hybridized carbons (Fsp3) is 0.333. The van der Waals surface area contributed by atoms with Crippen molar-refractivity contribution in [3.05, 3.63) is 35.3 Å². The highest BCUT2D eigenvalue weighted by atomic mass is 32.1. The minimum Gasteiger partial charge on any atom is -0.341 e. The summed E-state index contributed by atoms with van der Waals surface area (Å²) in [5.41, 5.74) is 2.80. The van der Waals surface area contributed by atoms with Gasteiger partial charge in [0.2, 0.25) is 0 Å². The maximum absolute atomic E-state index is 2.49. The number of aromatic nitrogens is 1. The zero-order chi connectivity index (χ0) is 9.54. The average Bonchev–Trinajstić information content (AvgIpc) is 2.75. The molecular weight excluding hydrogens is 190 g/mol. The summed E-state index contributed by atoms with van der Waals surface area (Å²) in [7, 11) is 0. The topological polar surface area (TPSA) is 4.93 Å². The number of hydrogen-bond acceptors (Lipinski definition) is 1. The lowest BCUT2D eigenvalue weighted by Crippen LogP contribution is -1.97. The van der Waals surface area contributed by atoms with Gasteiger partial charge >= 0.3 is 0 Å². The van der Waals surface area contributed by atoms with Crippen LogP contribution >= 0.6 is 11.3 Å². The fourth-order valence-electron chi connectivity index (χ4n) is 1.99. The first-order valence-electron chi connectivity index (χ1n) is 5.08. The van der Waals surface area contributed by atoms with Crippen LogP contribution in [-0.4, -0.2) is 4.57 Å². The predicted molar refractivity (Wildman–Crippen MR) is 60.8 cm³/mol. The van der Waals surface area contributed by atoms with Crippen LogP contribution in [0.15, 0.2) is 29.6 Å². The van der Waals surface area contributed by atoms with Gasteiger partial charge in [-0.25, -0.2) is 0 Å². The van der Waals surface area contributed by atoms with Crippen LogP contribution < -0.4 is 0 Å². The molecule has 3 rings (SSSR count). The Morgan fingerprint density at radius 2 is 2.14 bits per heavy atom. The molecule has 0 spiro atoms. The molecule has 2 aromatic rings. The normalized spacial score (nSPS) is 16.1. The Morgan fingerprint density at radius 1 is 1.29 bits per heavy atom. The third kappa shape index (κ3) is 1.22. The molecule has 0 bridgehead atoms. The molecule has 0 unspecified atom stereocenters. The van der Waals surface area contributed by atoms with Crippen molar-refractivity contribution in [3.63, 3.8) is 0 Å². The molecule has 0 radical (unpaired) electrons. The summed E-state index contributed by atoms with van der Waals surface area (Å²) in [5.74, 6) is 0. The van der Waals surface area contributed by atoms with E-state index >= 15 is 0 Å². The maximum Gasteiger partial charge on any atom is 0.0586 e. The first kappa shape index (κ1) is 8.30. The summed E-state index contributed by atoms with van der Waals surface area (Å²) in [5, 5.41) is 2.15. The van der Waals surface area contributed by atoms with E-state index in [9.17, 15) is 0 Å². The van der Waals surface area contributed by atoms with E-state index in [1.165, 1.54) is 29.1 Å². The predicted octanol–water partition coefficient (Wildman–Crippen LogP) is 3.86. The van der Waals surface area contributed by atoms with Crippen molar-refractivity contribution in [1.82, 2.24) is 4.57 Å². The van der Waals surface area contributed by atoms with Crippen molar-refractivity contribution in [2.45, 2.75) is 25.8 Å². The summed E-state index contributed by atoms with van der Waals surface area (Å²) in [4.78, 5) is 1.39. The minimum atomic E-state index is 0.780. The lowest BCUT2D eigenvalue weighted by Gasteiger charge is -2.08. The molecule has 1 nitrogen and oxygen atoms in total. The molecule has 0 aromatic carbocycles. The van der Waals surface area contributed by atoms with E-state index in [-0.39, 0.29) is 0 Å². The van der Waals surface area contributed by atoms with Gasteiger partial charge in [0.25, 0.3) is 0 Å². The highest BCUT2D eigenvalue weighted by Gasteiger charge is 2.26. The molecule has 2 aromatic heterocycles. The van der Waals surface area contributed by atoms with Gasteiger partial charge < -0.3 is 4.57 Å². The van der Waals surface area contributed by atoms with Gasteiger partial charge in [-0.1, -0.05) is 6.07 Å². The highest BCUT2D eigenvalue weighted by Crippen LogP contribution is 2.41. The fourth-order valence-corrected chi connectivity index (χ4v) is 2.74. The van der Waals surface area contributed by atoms with E-state index in [4.69, 9.17) is 0 Å². The standard InChI is InChI=1S/C12H13NS/c1-9-4-7-11(12-3-2-8-14-12)13(9)10-5-6-10/h2-4,7-8,10H,5-6H2,1H3. The van der Waals surface area contributed by atoms with Crippen LogP contribution in [0, 0.1) is 6.92 Å². The van der Waals surface area contributed by atoms with Crippen LogP contribution in [0.5, 0.6) is 0 Å². The summed E-state index contributed by atoms with van der Waals surface area (Å²) in [6, 6.07) is 9.59. The zero-order valence-corrected chi connectivity index (χ0v) is 9.05. The van der Waals surface area contributed by atoms with Gasteiger partial charge in [0, 0.05) is 11.7 Å². The van der Waals surface area contributed by atoms with Gasteiger partial charge in [0.1, 0.15) is 0 Å². The van der Waals surface area contributed by atoms with E-state index in [0.717, 1.165) is 6.04 Å². The van der Waals surface area contributed by atoms with Crippen LogP contribution in [0.3, 0.4) is 0 Å². The quantitative estimate of drug-likeness (QED) is 0.698. The molecule has 0 N–H and O–H groups in total. The highest BCUT2D eigenvalue weighted by molar-refractivity contribution is 7.13. The van der Waals surface area contributed by atoms with Gasteiger partial charge in [0.15, 0.2) is 0 Å². The van der Waals surface area contributed by atoms with Crippen LogP contribution in [-0.2, 0) is 0 Å². The third-order valence-electron chi connectivity index (χ3n) is 2.81. The first-order valence-corrected chi connectivity index (χ1v) is 5.96. The number of hydrogen-bond donors (Lipinski definition) is 0. The second-order valence-corrected chi connectivity index (χ2v) is 4.89. The van der Waals surface area contributed by atoms with Crippen molar-refractivity contribution in [2.75, 3.05) is 0 Å². The lowest BCUT2D eigenvalue weighted by atomic mass is 10.3. The molecule has 2 heterocycles. The average molecular weight is 203 g/mol. The first-order chi connectivity index (χ1) is 6.86. The van der Waals surface area contributed by atoms with Gasteiger partial charge in [-0.15, -0.1) is 11.3 Å². The molecule has 1 saturated carbocycles. The number of rotatable bonds is 2. The third-order valence-corrected chi connectivity index (χ3v) is 3.70. The number of nitrogens with zero attached hydrogens (tertiary/aromatic N) is 1. The van der Waals surface area contributed by atoms with E-state index in [1.54, 1.807) is 0 Å². The van der Waals surface area contributed by atoms with E-state index in [2.05, 4.69) is 41.1 Å². The molecule has 0 aliphatic heterocycles. The smallest absolute Gasteiger partial charge is 0.0586 e. The number of thiophene rings is 1. The van der Waals surface area contributed by atoms with Crippen LogP contribution in [0.2, 0.25) is 0 Å². The molecule has 14 heavy (non-hydrogen) atoms. The van der Waals surface area contributed by atoms with Gasteiger partial charge in [-0.3, -0.25) is 0 Å². The number of aryl methyl sites for hydroxylation is 1. The summed E-state index contributed by atoms with van der Waals surface area (Å²) >= 11 is 1.83. The molecular formula is C12H13NS. The van der Waals surface area contributed by atoms with E-state index < -0.39 is 0 Å². The molecule has 1 aliphatic rings. The Labute approximate surface area is 88.0 Å². The van der Waals surface area contributed by atoms with Crippen molar-refractivity contribution < 1.29 is 0 Å². The molecule has 0 amide bonds. The van der Waals surface area contributed by atoms with Gasteiger partial charge in [0.05, 0.1) is 10.6 Å². The van der Waals surface area contributed by atoms with E-state index in [1.807, 2.05) is 11.3 Å². The van der Waals surface area contributed by atoms with Crippen molar-refractivity contribution in [1.29, 1.82) is 0 Å². The van der Waals surface area contributed by atoms with Gasteiger partial charge in [-0.2, -0.15) is 0 Å². The Bertz CT molecular complexity index is 435. The maximum atomic E-state index is 2.49. The Kier molecular flexibility index (Phi) is 1.77. The molecule has 2 heteroatoms. The largest absolute Gasteiger partial charge is 0.341 e. The van der Waals surface area contributed by atoms with Crippen molar-refractivity contribution >= 4 is 11.3 Å². The monoisotopic (exact) mass is 203 g/mol. The molecule has 72 valence electrons. The Morgan fingerprint density at radius 3 is 2.79 bits per heavy atom. The van der Waals surface area contributed by atoms with Gasteiger partial charge in [-0.05, 0) is 43.3 Å². The SMILES string of the molecule is Cc1ccc(-c2cccs2)n1C1CC1. The second-order valence-electron chi connectivity index (χ2n) is 3.94. The zero-order valence-electron chi connectivity index (χ0n) is 8.23. The molecule has 0 saturated heterocycles. The Balaban J connectivity index is 2.13. The molecule has 1 fully saturated rings. The summed E-state index contributed by atoms with van der Waals surface area (Å²) in [6.07, 6.45) is 2.71. The van der Waals surface area contributed by atoms with Crippen LogP contribution in [0.1, 0.15) is 24.6 Å².